The number of rotatable bonds is 13. The van der Waals surface area contributed by atoms with E-state index in [1.807, 2.05) is 74.5 Å². The van der Waals surface area contributed by atoms with Crippen LogP contribution < -0.4 is 14.4 Å². The Kier molecular flexibility index (Phi) is 10.5. The molecule has 208 valence electrons. The molecule has 0 saturated carbocycles. The third kappa shape index (κ3) is 8.58. The molecular weight excluding hydrogens is 514 g/mol. The van der Waals surface area contributed by atoms with Gasteiger partial charge in [-0.2, -0.15) is 0 Å². The Bertz CT molecular complexity index is 1320. The van der Waals surface area contributed by atoms with Gasteiger partial charge in [-0.05, 0) is 48.7 Å². The number of ether oxygens (including phenoxy) is 1. The van der Waals surface area contributed by atoms with Crippen molar-refractivity contribution in [1.82, 2.24) is 10.2 Å². The van der Waals surface area contributed by atoms with E-state index >= 15 is 0 Å². The summed E-state index contributed by atoms with van der Waals surface area (Å²) in [7, 11) is -2.30. The van der Waals surface area contributed by atoms with E-state index in [4.69, 9.17) is 4.74 Å². The van der Waals surface area contributed by atoms with E-state index in [-0.39, 0.29) is 24.9 Å². The Morgan fingerprint density at radius 3 is 1.97 bits per heavy atom. The molecule has 0 aliphatic carbocycles. The third-order valence-electron chi connectivity index (χ3n) is 6.51. The van der Waals surface area contributed by atoms with Crippen LogP contribution in [0.3, 0.4) is 0 Å². The summed E-state index contributed by atoms with van der Waals surface area (Å²) in [5.41, 5.74) is 2.05. The van der Waals surface area contributed by atoms with Crippen molar-refractivity contribution in [2.45, 2.75) is 45.3 Å². The third-order valence-corrected chi connectivity index (χ3v) is 7.65. The molecule has 0 radical (unpaired) electrons. The normalized spacial score (nSPS) is 12.7. The zero-order valence-corrected chi connectivity index (χ0v) is 23.7. The number of benzene rings is 3. The van der Waals surface area contributed by atoms with E-state index in [0.717, 1.165) is 28.1 Å². The number of nitrogens with zero attached hydrogens (tertiary/aromatic N) is 2. The predicted molar refractivity (Wildman–Crippen MR) is 154 cm³/mol. The molecule has 0 fully saturated rings. The number of methoxy groups -OCH3 is 1. The number of amides is 2. The Hall–Kier alpha value is -3.85. The Morgan fingerprint density at radius 1 is 0.897 bits per heavy atom. The number of hydrogen-bond acceptors (Lipinski definition) is 5. The zero-order chi connectivity index (χ0) is 28.4. The van der Waals surface area contributed by atoms with Crippen LogP contribution in [0, 0.1) is 0 Å². The number of nitrogens with one attached hydrogen (secondary N) is 1. The fourth-order valence-electron chi connectivity index (χ4n) is 4.14. The van der Waals surface area contributed by atoms with Gasteiger partial charge in [-0.15, -0.1) is 0 Å². The van der Waals surface area contributed by atoms with E-state index in [1.165, 1.54) is 12.0 Å². The van der Waals surface area contributed by atoms with Gasteiger partial charge in [-0.3, -0.25) is 13.9 Å². The molecule has 0 heterocycles. The molecule has 0 bridgehead atoms. The lowest BCUT2D eigenvalue weighted by molar-refractivity contribution is -0.140. The molecule has 0 unspecified atom stereocenters. The van der Waals surface area contributed by atoms with Gasteiger partial charge in [0.25, 0.3) is 0 Å². The molecule has 0 spiro atoms. The van der Waals surface area contributed by atoms with Crippen LogP contribution in [0.1, 0.15) is 31.4 Å². The number of hydrogen-bond donors (Lipinski definition) is 1. The van der Waals surface area contributed by atoms with Crippen molar-refractivity contribution >= 4 is 27.5 Å². The summed E-state index contributed by atoms with van der Waals surface area (Å²) in [6, 6.07) is 24.4. The van der Waals surface area contributed by atoms with Gasteiger partial charge in [-0.25, -0.2) is 8.42 Å². The number of carbonyl (C=O) groups is 2. The summed E-state index contributed by atoms with van der Waals surface area (Å²) < 4.78 is 31.9. The minimum Gasteiger partial charge on any atom is -0.497 e. The molecule has 3 aromatic carbocycles. The monoisotopic (exact) mass is 551 g/mol. The number of carbonyl (C=O) groups excluding carboxylic acids is 2. The lowest BCUT2D eigenvalue weighted by Gasteiger charge is -2.34. The van der Waals surface area contributed by atoms with Crippen LogP contribution in [0.2, 0.25) is 0 Å². The van der Waals surface area contributed by atoms with Crippen LogP contribution in [0.25, 0.3) is 0 Å². The maximum atomic E-state index is 14.0. The summed E-state index contributed by atoms with van der Waals surface area (Å²) in [6.45, 7) is 3.57. The van der Waals surface area contributed by atoms with Crippen molar-refractivity contribution < 1.29 is 22.7 Å². The molecule has 3 aromatic rings. The van der Waals surface area contributed by atoms with Gasteiger partial charge in [0, 0.05) is 19.0 Å². The molecule has 3 rings (SSSR count). The summed E-state index contributed by atoms with van der Waals surface area (Å²) in [4.78, 5) is 29.1. The van der Waals surface area contributed by atoms with E-state index in [1.54, 1.807) is 24.3 Å². The van der Waals surface area contributed by atoms with Crippen molar-refractivity contribution in [1.29, 1.82) is 0 Å². The second-order valence-electron chi connectivity index (χ2n) is 9.50. The second-order valence-corrected chi connectivity index (χ2v) is 11.4. The molecule has 1 N–H and O–H groups in total. The van der Waals surface area contributed by atoms with E-state index in [9.17, 15) is 18.0 Å². The quantitative estimate of drug-likeness (QED) is 0.346. The first kappa shape index (κ1) is 29.7. The molecule has 2 amide bonds. The maximum absolute atomic E-state index is 14.0. The van der Waals surface area contributed by atoms with Gasteiger partial charge >= 0.3 is 0 Å². The smallest absolute Gasteiger partial charge is 0.244 e. The van der Waals surface area contributed by atoms with Gasteiger partial charge in [0.05, 0.1) is 19.1 Å². The lowest BCUT2D eigenvalue weighted by atomic mass is 10.0. The van der Waals surface area contributed by atoms with Gasteiger partial charge < -0.3 is 15.0 Å². The lowest BCUT2D eigenvalue weighted by Crippen LogP contribution is -2.54. The van der Waals surface area contributed by atoms with Crippen molar-refractivity contribution in [3.05, 3.63) is 96.1 Å². The van der Waals surface area contributed by atoms with Gasteiger partial charge in [0.1, 0.15) is 18.3 Å². The van der Waals surface area contributed by atoms with Crippen molar-refractivity contribution in [2.24, 2.45) is 0 Å². The summed E-state index contributed by atoms with van der Waals surface area (Å²) >= 11 is 0. The highest BCUT2D eigenvalue weighted by atomic mass is 32.2. The number of sulfonamides is 1. The fraction of sp³-hybridized carbons (Fsp3) is 0.333. The molecule has 0 aliphatic rings. The Morgan fingerprint density at radius 2 is 1.46 bits per heavy atom. The van der Waals surface area contributed by atoms with E-state index in [2.05, 4.69) is 5.32 Å². The highest BCUT2D eigenvalue weighted by Crippen LogP contribution is 2.23. The fourth-order valence-corrected chi connectivity index (χ4v) is 4.99. The molecule has 0 saturated heterocycles. The largest absolute Gasteiger partial charge is 0.497 e. The van der Waals surface area contributed by atoms with Crippen LogP contribution in [-0.2, 0) is 32.6 Å². The van der Waals surface area contributed by atoms with Crippen LogP contribution >= 0.6 is 0 Å². The summed E-state index contributed by atoms with van der Waals surface area (Å²) in [6.07, 6.45) is 2.07. The van der Waals surface area contributed by atoms with Gasteiger partial charge in [0.15, 0.2) is 0 Å². The van der Waals surface area contributed by atoms with E-state index in [0.29, 0.717) is 11.4 Å². The molecule has 39 heavy (non-hydrogen) atoms. The second kappa shape index (κ2) is 13.8. The van der Waals surface area contributed by atoms with Crippen LogP contribution in [-0.4, -0.2) is 57.1 Å². The molecule has 2 atom stereocenters. The van der Waals surface area contributed by atoms with Crippen molar-refractivity contribution in [3.63, 3.8) is 0 Å². The first-order chi connectivity index (χ1) is 18.6. The summed E-state index contributed by atoms with van der Waals surface area (Å²) in [5.74, 6) is -0.206. The average Bonchev–Trinajstić information content (AvgIpc) is 2.94. The van der Waals surface area contributed by atoms with E-state index < -0.39 is 28.5 Å². The van der Waals surface area contributed by atoms with Crippen molar-refractivity contribution in [3.8, 4) is 5.75 Å². The average molecular weight is 552 g/mol. The highest BCUT2D eigenvalue weighted by molar-refractivity contribution is 7.92. The predicted octanol–water partition coefficient (Wildman–Crippen LogP) is 4.02. The molecule has 0 aliphatic heterocycles. The zero-order valence-electron chi connectivity index (χ0n) is 22.9. The first-order valence-corrected chi connectivity index (χ1v) is 14.8. The number of anilines is 1. The maximum Gasteiger partial charge on any atom is 0.244 e. The summed E-state index contributed by atoms with van der Waals surface area (Å²) in [5, 5.41) is 3.02. The van der Waals surface area contributed by atoms with Crippen LogP contribution in [0.4, 0.5) is 5.69 Å². The van der Waals surface area contributed by atoms with Gasteiger partial charge in [0.2, 0.25) is 21.8 Å². The Labute approximate surface area is 231 Å². The van der Waals surface area contributed by atoms with Crippen molar-refractivity contribution in [2.75, 3.05) is 24.2 Å². The molecule has 9 heteroatoms. The van der Waals surface area contributed by atoms with Crippen LogP contribution in [0.15, 0.2) is 84.9 Å². The first-order valence-electron chi connectivity index (χ1n) is 12.9. The van der Waals surface area contributed by atoms with Gasteiger partial charge in [-0.1, -0.05) is 67.6 Å². The standard InChI is InChI=1S/C30H37N3O5S/c1-5-23(2)31-30(35)28(20-24-12-8-6-9-13-24)32(21-25-14-10-7-11-15-25)29(34)22-33(39(4,36)37)26-16-18-27(38-3)19-17-26/h6-19,23,28H,5,20-22H2,1-4H3,(H,31,35)/t23-,28-/m1/s1. The Balaban J connectivity index is 2.02. The molecular formula is C30H37N3O5S. The minimum atomic E-state index is -3.82. The minimum absolute atomic E-state index is 0.0868. The highest BCUT2D eigenvalue weighted by Gasteiger charge is 2.33. The topological polar surface area (TPSA) is 96.0 Å². The van der Waals surface area contributed by atoms with Crippen LogP contribution in [0.5, 0.6) is 5.75 Å². The molecule has 0 aromatic heterocycles. The SMILES string of the molecule is CC[C@@H](C)NC(=O)[C@@H](Cc1ccccc1)N(Cc1ccccc1)C(=O)CN(c1ccc(OC)cc1)S(C)(=O)=O. The molecule has 8 nitrogen and oxygen atoms in total.